The van der Waals surface area contributed by atoms with Crippen LogP contribution in [0.1, 0.15) is 64.2 Å². The second kappa shape index (κ2) is 9.58. The third kappa shape index (κ3) is 4.32. The van der Waals surface area contributed by atoms with Gasteiger partial charge in [-0.05, 0) is 48.0 Å². The smallest absolute Gasteiger partial charge is 0.346 e. The zero-order valence-electron chi connectivity index (χ0n) is 19.4. The van der Waals surface area contributed by atoms with Crippen molar-refractivity contribution in [3.63, 3.8) is 0 Å². The molecule has 0 atom stereocenters. The number of nitrogens with zero attached hydrogens (tertiary/aromatic N) is 3. The molecule has 2 aromatic heterocycles. The average molecular weight is 476 g/mol. The lowest BCUT2D eigenvalue weighted by atomic mass is 9.78. The highest BCUT2D eigenvalue weighted by atomic mass is 32.1. The van der Waals surface area contributed by atoms with Gasteiger partial charge in [-0.25, -0.2) is 9.78 Å². The SMILES string of the molecule is Cn1cncc1C(=O)N1CCC(c2cc(-c3ccccc3)sc2C(=O)O)=C(C2CCCCC2)C1. The van der Waals surface area contributed by atoms with Crippen LogP contribution >= 0.6 is 11.3 Å². The van der Waals surface area contributed by atoms with Gasteiger partial charge in [0.25, 0.3) is 5.91 Å². The maximum atomic E-state index is 13.3. The molecule has 1 aromatic carbocycles. The minimum Gasteiger partial charge on any atom is -0.477 e. The Morgan fingerprint density at radius 3 is 2.56 bits per heavy atom. The van der Waals surface area contributed by atoms with Gasteiger partial charge in [0.1, 0.15) is 10.6 Å². The number of carbonyl (C=O) groups is 2. The van der Waals surface area contributed by atoms with Crippen LogP contribution in [-0.4, -0.2) is 44.5 Å². The van der Waals surface area contributed by atoms with Crippen LogP contribution in [0.25, 0.3) is 16.0 Å². The van der Waals surface area contributed by atoms with E-state index >= 15 is 0 Å². The monoisotopic (exact) mass is 475 g/mol. The van der Waals surface area contributed by atoms with Crippen LogP contribution in [0, 0.1) is 5.92 Å². The second-order valence-corrected chi connectivity index (χ2v) is 10.3. The van der Waals surface area contributed by atoms with Crippen LogP contribution in [0.5, 0.6) is 0 Å². The van der Waals surface area contributed by atoms with Crippen molar-refractivity contribution in [3.05, 3.63) is 70.6 Å². The van der Waals surface area contributed by atoms with E-state index in [1.807, 2.05) is 42.3 Å². The first-order chi connectivity index (χ1) is 16.5. The number of aromatic nitrogens is 2. The summed E-state index contributed by atoms with van der Waals surface area (Å²) in [7, 11) is 1.84. The number of carboxylic acid groups (broad SMARTS) is 1. The first-order valence-electron chi connectivity index (χ1n) is 11.9. The van der Waals surface area contributed by atoms with Crippen molar-refractivity contribution in [3.8, 4) is 10.4 Å². The molecular formula is C27H29N3O3S. The molecule has 1 fully saturated rings. The van der Waals surface area contributed by atoms with Gasteiger partial charge in [-0.2, -0.15) is 0 Å². The Morgan fingerprint density at radius 1 is 1.12 bits per heavy atom. The maximum Gasteiger partial charge on any atom is 0.346 e. The molecule has 0 spiro atoms. The molecule has 0 radical (unpaired) electrons. The normalized spacial score (nSPS) is 17.3. The number of amides is 1. The average Bonchev–Trinajstić information content (AvgIpc) is 3.51. The van der Waals surface area contributed by atoms with Gasteiger partial charge in [0.2, 0.25) is 0 Å². The summed E-state index contributed by atoms with van der Waals surface area (Å²) >= 11 is 1.34. The molecular weight excluding hydrogens is 446 g/mol. The summed E-state index contributed by atoms with van der Waals surface area (Å²) in [5.74, 6) is -0.500. The number of carboxylic acids is 1. The zero-order valence-corrected chi connectivity index (χ0v) is 20.2. The minimum absolute atomic E-state index is 0.0129. The molecule has 176 valence electrons. The molecule has 0 saturated heterocycles. The summed E-state index contributed by atoms with van der Waals surface area (Å²) < 4.78 is 1.76. The predicted molar refractivity (Wildman–Crippen MR) is 134 cm³/mol. The Balaban J connectivity index is 1.57. The number of thiophene rings is 1. The van der Waals surface area contributed by atoms with E-state index in [0.717, 1.165) is 34.4 Å². The summed E-state index contributed by atoms with van der Waals surface area (Å²) in [6, 6.07) is 12.0. The van der Waals surface area contributed by atoms with Gasteiger partial charge in [0.15, 0.2) is 0 Å². The van der Waals surface area contributed by atoms with Gasteiger partial charge in [-0.1, -0.05) is 49.6 Å². The Labute approximate surface area is 203 Å². The third-order valence-corrected chi connectivity index (χ3v) is 8.28. The number of aromatic carboxylic acids is 1. The topological polar surface area (TPSA) is 75.4 Å². The van der Waals surface area contributed by atoms with E-state index in [0.29, 0.717) is 36.0 Å². The van der Waals surface area contributed by atoms with Gasteiger partial charge in [-0.15, -0.1) is 11.3 Å². The highest BCUT2D eigenvalue weighted by molar-refractivity contribution is 7.17. The number of benzene rings is 1. The van der Waals surface area contributed by atoms with Gasteiger partial charge in [0, 0.05) is 30.6 Å². The fourth-order valence-corrected chi connectivity index (χ4v) is 6.37. The molecule has 1 amide bonds. The van der Waals surface area contributed by atoms with Crippen molar-refractivity contribution in [2.45, 2.75) is 38.5 Å². The first-order valence-corrected chi connectivity index (χ1v) is 12.7. The lowest BCUT2D eigenvalue weighted by Gasteiger charge is -2.36. The highest BCUT2D eigenvalue weighted by Gasteiger charge is 2.32. The first kappa shape index (κ1) is 22.6. The van der Waals surface area contributed by atoms with Gasteiger partial charge >= 0.3 is 5.97 Å². The van der Waals surface area contributed by atoms with Crippen LogP contribution in [0.15, 0.2) is 54.5 Å². The molecule has 1 aliphatic carbocycles. The third-order valence-electron chi connectivity index (χ3n) is 7.11. The van der Waals surface area contributed by atoms with Crippen molar-refractivity contribution < 1.29 is 14.7 Å². The number of carbonyl (C=O) groups excluding carboxylic acids is 1. The maximum absolute atomic E-state index is 13.3. The van der Waals surface area contributed by atoms with Crippen LogP contribution in [0.4, 0.5) is 0 Å². The summed E-state index contributed by atoms with van der Waals surface area (Å²) in [5, 5.41) is 10.1. The number of imidazole rings is 1. The Morgan fingerprint density at radius 2 is 1.88 bits per heavy atom. The van der Waals surface area contributed by atoms with Gasteiger partial charge in [-0.3, -0.25) is 4.79 Å². The van der Waals surface area contributed by atoms with E-state index < -0.39 is 5.97 Å². The van der Waals surface area contributed by atoms with E-state index in [1.165, 1.54) is 36.2 Å². The zero-order chi connectivity index (χ0) is 23.7. The summed E-state index contributed by atoms with van der Waals surface area (Å²) in [6.45, 7) is 1.13. The molecule has 7 heteroatoms. The number of aryl methyl sites for hydroxylation is 1. The molecule has 5 rings (SSSR count). The van der Waals surface area contributed by atoms with Crippen LogP contribution in [0.2, 0.25) is 0 Å². The van der Waals surface area contributed by atoms with Gasteiger partial charge < -0.3 is 14.6 Å². The molecule has 0 bridgehead atoms. The Hall–Kier alpha value is -3.19. The minimum atomic E-state index is -0.883. The van der Waals surface area contributed by atoms with Crippen molar-refractivity contribution in [1.82, 2.24) is 14.5 Å². The van der Waals surface area contributed by atoms with E-state index in [2.05, 4.69) is 11.1 Å². The number of hydrogen-bond donors (Lipinski definition) is 1. The fourth-order valence-electron chi connectivity index (χ4n) is 5.34. The van der Waals surface area contributed by atoms with Crippen molar-refractivity contribution in [2.24, 2.45) is 13.0 Å². The summed E-state index contributed by atoms with van der Waals surface area (Å²) in [4.78, 5) is 32.9. The molecule has 1 saturated carbocycles. The lowest BCUT2D eigenvalue weighted by Crippen LogP contribution is -2.39. The number of rotatable bonds is 5. The van der Waals surface area contributed by atoms with Crippen molar-refractivity contribution in [2.75, 3.05) is 13.1 Å². The van der Waals surface area contributed by atoms with Crippen LogP contribution < -0.4 is 0 Å². The Bertz CT molecular complexity index is 1240. The largest absolute Gasteiger partial charge is 0.477 e. The van der Waals surface area contributed by atoms with E-state index in [9.17, 15) is 14.7 Å². The van der Waals surface area contributed by atoms with E-state index in [4.69, 9.17) is 0 Å². The van der Waals surface area contributed by atoms with Crippen LogP contribution in [0.3, 0.4) is 0 Å². The molecule has 2 aliphatic rings. The lowest BCUT2D eigenvalue weighted by molar-refractivity contribution is 0.0699. The predicted octanol–water partition coefficient (Wildman–Crippen LogP) is 5.73. The molecule has 1 N–H and O–H groups in total. The highest BCUT2D eigenvalue weighted by Crippen LogP contribution is 2.43. The number of hydrogen-bond acceptors (Lipinski definition) is 4. The molecule has 0 unspecified atom stereocenters. The van der Waals surface area contributed by atoms with Crippen molar-refractivity contribution in [1.29, 1.82) is 0 Å². The Kier molecular flexibility index (Phi) is 6.37. The summed E-state index contributed by atoms with van der Waals surface area (Å²) in [6.07, 6.45) is 9.75. The molecule has 1 aliphatic heterocycles. The second-order valence-electron chi connectivity index (χ2n) is 9.23. The van der Waals surface area contributed by atoms with E-state index in [-0.39, 0.29) is 5.91 Å². The standard InChI is InChI=1S/C27H29N3O3S/c1-29-17-28-15-23(29)26(31)30-13-12-20(22(16-30)18-8-4-2-5-9-18)21-14-24(34-25(21)27(32)33)19-10-6-3-7-11-19/h3,6-7,10-11,14-15,17-18H,2,4-5,8-9,12-13,16H2,1H3,(H,32,33). The molecule has 3 aromatic rings. The molecule has 3 heterocycles. The van der Waals surface area contributed by atoms with E-state index in [1.54, 1.807) is 17.1 Å². The van der Waals surface area contributed by atoms with Crippen molar-refractivity contribution >= 4 is 28.8 Å². The molecule has 6 nitrogen and oxygen atoms in total. The fraction of sp³-hybridized carbons (Fsp3) is 0.370. The van der Waals surface area contributed by atoms with Gasteiger partial charge in [0.05, 0.1) is 12.5 Å². The van der Waals surface area contributed by atoms with Crippen LogP contribution in [-0.2, 0) is 7.05 Å². The molecule has 34 heavy (non-hydrogen) atoms. The quantitative estimate of drug-likeness (QED) is 0.512. The summed E-state index contributed by atoms with van der Waals surface area (Å²) in [5.41, 5.74) is 4.84.